The molecule has 7 nitrogen and oxygen atoms in total. The molecule has 4 rings (SSSR count). The second kappa shape index (κ2) is 7.57. The Morgan fingerprint density at radius 2 is 1.52 bits per heavy atom. The van der Waals surface area contributed by atoms with E-state index in [0.717, 1.165) is 49.3 Å². The van der Waals surface area contributed by atoms with Crippen LogP contribution in [0.5, 0.6) is 0 Å². The first kappa shape index (κ1) is 17.2. The van der Waals surface area contributed by atoms with Gasteiger partial charge in [0.05, 0.1) is 0 Å². The Hall–Kier alpha value is -3.22. The molecular weight excluding hydrogens is 338 g/mol. The Balaban J connectivity index is 1.46. The minimum atomic E-state index is 0.627. The van der Waals surface area contributed by atoms with E-state index in [1.54, 1.807) is 12.4 Å². The Bertz CT molecular complexity index is 888. The quantitative estimate of drug-likeness (QED) is 0.766. The number of nitrogens with zero attached hydrogens (tertiary/aromatic N) is 6. The first-order valence-corrected chi connectivity index (χ1v) is 9.14. The predicted molar refractivity (Wildman–Crippen MR) is 108 cm³/mol. The Morgan fingerprint density at radius 3 is 2.22 bits per heavy atom. The summed E-state index contributed by atoms with van der Waals surface area (Å²) >= 11 is 0. The van der Waals surface area contributed by atoms with Gasteiger partial charge in [-0.05, 0) is 32.0 Å². The average Bonchev–Trinajstić information content (AvgIpc) is 2.70. The summed E-state index contributed by atoms with van der Waals surface area (Å²) in [5.41, 5.74) is 3.17. The third-order valence-electron chi connectivity index (χ3n) is 4.59. The molecule has 3 heterocycles. The molecule has 0 amide bonds. The molecule has 0 saturated carbocycles. The van der Waals surface area contributed by atoms with Crippen LogP contribution in [-0.4, -0.2) is 46.1 Å². The van der Waals surface area contributed by atoms with Crippen molar-refractivity contribution in [2.45, 2.75) is 13.8 Å². The van der Waals surface area contributed by atoms with Gasteiger partial charge in [-0.2, -0.15) is 4.98 Å². The van der Waals surface area contributed by atoms with Crippen molar-refractivity contribution in [3.8, 4) is 0 Å². The molecule has 1 aromatic carbocycles. The van der Waals surface area contributed by atoms with E-state index in [9.17, 15) is 0 Å². The van der Waals surface area contributed by atoms with E-state index in [2.05, 4.69) is 49.1 Å². The van der Waals surface area contributed by atoms with Gasteiger partial charge in [0.25, 0.3) is 0 Å². The van der Waals surface area contributed by atoms with Crippen LogP contribution in [0.2, 0.25) is 0 Å². The Labute approximate surface area is 159 Å². The number of benzene rings is 1. The van der Waals surface area contributed by atoms with Crippen molar-refractivity contribution in [3.63, 3.8) is 0 Å². The fourth-order valence-electron chi connectivity index (χ4n) is 3.13. The van der Waals surface area contributed by atoms with E-state index in [4.69, 9.17) is 4.98 Å². The highest BCUT2D eigenvalue weighted by Gasteiger charge is 2.20. The summed E-state index contributed by atoms with van der Waals surface area (Å²) in [5, 5.41) is 3.31. The fourth-order valence-corrected chi connectivity index (χ4v) is 3.13. The van der Waals surface area contributed by atoms with Crippen LogP contribution < -0.4 is 15.1 Å². The second-order valence-electron chi connectivity index (χ2n) is 6.71. The number of nitrogens with one attached hydrogen (secondary N) is 1. The van der Waals surface area contributed by atoms with Crippen LogP contribution in [0.25, 0.3) is 0 Å². The summed E-state index contributed by atoms with van der Waals surface area (Å²) < 4.78 is 0. The van der Waals surface area contributed by atoms with E-state index in [1.165, 1.54) is 5.56 Å². The lowest BCUT2D eigenvalue weighted by molar-refractivity contribution is 0.634. The second-order valence-corrected chi connectivity index (χ2v) is 6.71. The number of aryl methyl sites for hydroxylation is 2. The highest BCUT2D eigenvalue weighted by atomic mass is 15.3. The number of rotatable bonds is 4. The zero-order valence-corrected chi connectivity index (χ0v) is 15.6. The summed E-state index contributed by atoms with van der Waals surface area (Å²) in [7, 11) is 0. The molecule has 1 fully saturated rings. The number of anilines is 4. The molecular formula is C20H23N7. The lowest BCUT2D eigenvalue weighted by atomic mass is 10.2. The maximum absolute atomic E-state index is 4.73. The smallest absolute Gasteiger partial charge is 0.229 e. The van der Waals surface area contributed by atoms with Crippen molar-refractivity contribution >= 4 is 23.4 Å². The van der Waals surface area contributed by atoms with E-state index in [0.29, 0.717) is 5.95 Å². The molecule has 0 radical (unpaired) electrons. The molecule has 0 unspecified atom stereocenters. The van der Waals surface area contributed by atoms with E-state index >= 15 is 0 Å². The standard InChI is InChI=1S/C20H23N7/c1-15-4-6-17(7-5-15)24-19-23-16(2)14-18(25-19)26-10-12-27(13-11-26)20-21-8-3-9-22-20/h3-9,14H,10-13H2,1-2H3,(H,23,24,25). The van der Waals surface area contributed by atoms with Crippen molar-refractivity contribution < 1.29 is 0 Å². The van der Waals surface area contributed by atoms with Gasteiger partial charge in [0.1, 0.15) is 5.82 Å². The van der Waals surface area contributed by atoms with Gasteiger partial charge in [-0.3, -0.25) is 0 Å². The third-order valence-corrected chi connectivity index (χ3v) is 4.59. The van der Waals surface area contributed by atoms with Gasteiger partial charge in [-0.15, -0.1) is 0 Å². The molecule has 27 heavy (non-hydrogen) atoms. The minimum Gasteiger partial charge on any atom is -0.353 e. The SMILES string of the molecule is Cc1ccc(Nc2nc(C)cc(N3CCN(c4ncccn4)CC3)n2)cc1. The van der Waals surface area contributed by atoms with Crippen LogP contribution >= 0.6 is 0 Å². The number of aromatic nitrogens is 4. The summed E-state index contributed by atoms with van der Waals surface area (Å²) in [6.07, 6.45) is 3.57. The van der Waals surface area contributed by atoms with Gasteiger partial charge in [0.2, 0.25) is 11.9 Å². The monoisotopic (exact) mass is 361 g/mol. The van der Waals surface area contributed by atoms with Gasteiger partial charge < -0.3 is 15.1 Å². The highest BCUT2D eigenvalue weighted by Crippen LogP contribution is 2.20. The summed E-state index contributed by atoms with van der Waals surface area (Å²) in [6, 6.07) is 12.1. The molecule has 138 valence electrons. The highest BCUT2D eigenvalue weighted by molar-refractivity contribution is 5.56. The van der Waals surface area contributed by atoms with Gasteiger partial charge in [0.15, 0.2) is 0 Å². The van der Waals surface area contributed by atoms with Gasteiger partial charge in [-0.1, -0.05) is 17.7 Å². The third kappa shape index (κ3) is 4.13. The summed E-state index contributed by atoms with van der Waals surface area (Å²) in [5.74, 6) is 2.37. The summed E-state index contributed by atoms with van der Waals surface area (Å²) in [4.78, 5) is 22.4. The van der Waals surface area contributed by atoms with Crippen molar-refractivity contribution in [3.05, 3.63) is 60.0 Å². The number of piperazine rings is 1. The van der Waals surface area contributed by atoms with Crippen LogP contribution in [0.15, 0.2) is 48.8 Å². The normalized spacial score (nSPS) is 14.3. The maximum Gasteiger partial charge on any atom is 0.229 e. The first-order valence-electron chi connectivity index (χ1n) is 9.14. The molecule has 0 bridgehead atoms. The molecule has 1 N–H and O–H groups in total. The van der Waals surface area contributed by atoms with Gasteiger partial charge in [0, 0.05) is 56.0 Å². The van der Waals surface area contributed by atoms with Gasteiger partial charge in [-0.25, -0.2) is 15.0 Å². The predicted octanol–water partition coefficient (Wildman–Crippen LogP) is 2.95. The Morgan fingerprint density at radius 1 is 0.852 bits per heavy atom. The first-order chi connectivity index (χ1) is 13.2. The van der Waals surface area contributed by atoms with Crippen molar-refractivity contribution in [1.29, 1.82) is 0 Å². The lowest BCUT2D eigenvalue weighted by Crippen LogP contribution is -2.47. The molecule has 1 aliphatic heterocycles. The molecule has 0 aliphatic carbocycles. The van der Waals surface area contributed by atoms with Crippen LogP contribution in [0.4, 0.5) is 23.4 Å². The fraction of sp³-hybridized carbons (Fsp3) is 0.300. The van der Waals surface area contributed by atoms with E-state index < -0.39 is 0 Å². The zero-order valence-electron chi connectivity index (χ0n) is 15.6. The molecule has 0 spiro atoms. The lowest BCUT2D eigenvalue weighted by Gasteiger charge is -2.35. The van der Waals surface area contributed by atoms with Crippen molar-refractivity contribution in [2.75, 3.05) is 41.3 Å². The molecule has 2 aromatic heterocycles. The van der Waals surface area contributed by atoms with Gasteiger partial charge >= 0.3 is 0 Å². The van der Waals surface area contributed by atoms with Crippen molar-refractivity contribution in [1.82, 2.24) is 19.9 Å². The Kier molecular flexibility index (Phi) is 4.82. The molecule has 3 aromatic rings. The van der Waals surface area contributed by atoms with Crippen LogP contribution in [0, 0.1) is 13.8 Å². The molecule has 1 aliphatic rings. The molecule has 1 saturated heterocycles. The average molecular weight is 361 g/mol. The number of hydrogen-bond acceptors (Lipinski definition) is 7. The molecule has 0 atom stereocenters. The van der Waals surface area contributed by atoms with Crippen LogP contribution in [-0.2, 0) is 0 Å². The minimum absolute atomic E-state index is 0.627. The van der Waals surface area contributed by atoms with Crippen LogP contribution in [0.3, 0.4) is 0 Å². The van der Waals surface area contributed by atoms with E-state index in [1.807, 2.05) is 31.2 Å². The maximum atomic E-state index is 4.73. The largest absolute Gasteiger partial charge is 0.353 e. The topological polar surface area (TPSA) is 70.1 Å². The summed E-state index contributed by atoms with van der Waals surface area (Å²) in [6.45, 7) is 7.56. The van der Waals surface area contributed by atoms with E-state index in [-0.39, 0.29) is 0 Å². The van der Waals surface area contributed by atoms with Crippen molar-refractivity contribution in [2.24, 2.45) is 0 Å². The number of hydrogen-bond donors (Lipinski definition) is 1. The zero-order chi connectivity index (χ0) is 18.6. The molecule has 7 heteroatoms. The van der Waals surface area contributed by atoms with Crippen LogP contribution in [0.1, 0.15) is 11.3 Å².